The highest BCUT2D eigenvalue weighted by Gasteiger charge is 1.81. The Morgan fingerprint density at radius 3 is 3.00 bits per heavy atom. The highest BCUT2D eigenvalue weighted by molar-refractivity contribution is 5.19. The van der Waals surface area contributed by atoms with Gasteiger partial charge in [-0.1, -0.05) is 0 Å². The third-order valence-electron chi connectivity index (χ3n) is 0.697. The van der Waals surface area contributed by atoms with Crippen molar-refractivity contribution < 1.29 is 0 Å². The largest absolute Gasteiger partial charge is 0.261 e. The molecule has 44 valence electrons. The van der Waals surface area contributed by atoms with Gasteiger partial charge in [-0.3, -0.25) is 9.97 Å². The Labute approximate surface area is 51.0 Å². The molecule has 0 atom stereocenters. The summed E-state index contributed by atoms with van der Waals surface area (Å²) in [6, 6.07) is 0. The van der Waals surface area contributed by atoms with E-state index in [4.69, 9.17) is 5.53 Å². The van der Waals surface area contributed by atoms with Crippen molar-refractivity contribution in [1.29, 1.82) is 0 Å². The number of hydrogen-bond acceptors (Lipinski definition) is 3. The maximum Gasteiger partial charge on any atom is 0.144 e. The minimum absolute atomic E-state index is 0.292. The molecule has 0 fully saturated rings. The van der Waals surface area contributed by atoms with Crippen LogP contribution < -0.4 is 0 Å². The van der Waals surface area contributed by atoms with Crippen LogP contribution in [0.5, 0.6) is 0 Å². The zero-order valence-electron chi connectivity index (χ0n) is 4.47. The summed E-state index contributed by atoms with van der Waals surface area (Å²) in [4.78, 5) is 9.89. The minimum Gasteiger partial charge on any atom is -0.261 e. The van der Waals surface area contributed by atoms with Gasteiger partial charge in [-0.25, -0.2) is 0 Å². The van der Waals surface area contributed by atoms with Crippen molar-refractivity contribution in [3.63, 3.8) is 0 Å². The molecule has 1 heterocycles. The van der Waals surface area contributed by atoms with E-state index in [1.54, 1.807) is 0 Å². The van der Waals surface area contributed by atoms with E-state index in [2.05, 4.69) is 20.0 Å². The fourth-order valence-corrected chi connectivity index (χ4v) is 0.389. The Morgan fingerprint density at radius 2 is 2.44 bits per heavy atom. The molecule has 0 spiro atoms. The highest BCUT2D eigenvalue weighted by atomic mass is 15.2. The van der Waals surface area contributed by atoms with Gasteiger partial charge >= 0.3 is 0 Å². The van der Waals surface area contributed by atoms with Crippen molar-refractivity contribution in [1.82, 2.24) is 9.97 Å². The van der Waals surface area contributed by atoms with Gasteiger partial charge in [-0.05, 0) is 10.6 Å². The molecule has 9 heavy (non-hydrogen) atoms. The van der Waals surface area contributed by atoms with Crippen molar-refractivity contribution in [3.05, 3.63) is 29.0 Å². The summed E-state index contributed by atoms with van der Waals surface area (Å²) in [6.45, 7) is 0. The van der Waals surface area contributed by atoms with Gasteiger partial charge in [0.2, 0.25) is 0 Å². The van der Waals surface area contributed by atoms with Crippen molar-refractivity contribution in [2.24, 2.45) is 5.11 Å². The lowest BCUT2D eigenvalue weighted by Crippen LogP contribution is -1.71. The molecule has 1 rings (SSSR count). The van der Waals surface area contributed by atoms with Crippen molar-refractivity contribution in [3.8, 4) is 0 Å². The summed E-state index contributed by atoms with van der Waals surface area (Å²) < 4.78 is 0. The van der Waals surface area contributed by atoms with Gasteiger partial charge in [0.15, 0.2) is 0 Å². The molecule has 0 aliphatic carbocycles. The molecule has 0 amide bonds. The number of nitrogens with zero attached hydrogens (tertiary/aromatic N) is 5. The van der Waals surface area contributed by atoms with E-state index < -0.39 is 0 Å². The second-order valence-corrected chi connectivity index (χ2v) is 1.25. The maximum atomic E-state index is 7.91. The smallest absolute Gasteiger partial charge is 0.144 e. The summed E-state index contributed by atoms with van der Waals surface area (Å²) >= 11 is 0. The average molecular weight is 121 g/mol. The van der Waals surface area contributed by atoms with Gasteiger partial charge in [0.1, 0.15) is 5.82 Å². The molecular weight excluding hydrogens is 118 g/mol. The third-order valence-corrected chi connectivity index (χ3v) is 0.697. The number of rotatable bonds is 1. The minimum atomic E-state index is 0.292. The van der Waals surface area contributed by atoms with Crippen LogP contribution in [0.25, 0.3) is 10.4 Å². The molecule has 0 radical (unpaired) electrons. The first kappa shape index (κ1) is 5.53. The van der Waals surface area contributed by atoms with E-state index in [1.165, 1.54) is 18.6 Å². The summed E-state index contributed by atoms with van der Waals surface area (Å²) in [5.41, 5.74) is 7.91. The van der Waals surface area contributed by atoms with Gasteiger partial charge in [0.05, 0.1) is 6.20 Å². The van der Waals surface area contributed by atoms with E-state index in [9.17, 15) is 0 Å². The Hall–Kier alpha value is -1.61. The standard InChI is InChI=1S/C4H3N5/c5-9-8-4-3-6-1-2-7-4/h1-3H. The Morgan fingerprint density at radius 1 is 1.56 bits per heavy atom. The molecule has 5 heteroatoms. The summed E-state index contributed by atoms with van der Waals surface area (Å²) in [5.74, 6) is 0.292. The van der Waals surface area contributed by atoms with E-state index in [-0.39, 0.29) is 0 Å². The highest BCUT2D eigenvalue weighted by Crippen LogP contribution is 2.00. The van der Waals surface area contributed by atoms with Crippen LogP contribution in [-0.4, -0.2) is 9.97 Å². The van der Waals surface area contributed by atoms with Crippen LogP contribution in [0.15, 0.2) is 23.7 Å². The molecule has 0 saturated carbocycles. The van der Waals surface area contributed by atoms with E-state index in [0.29, 0.717) is 5.82 Å². The molecule has 0 aromatic carbocycles. The second-order valence-electron chi connectivity index (χ2n) is 1.25. The lowest BCUT2D eigenvalue weighted by molar-refractivity contribution is 1.17. The second kappa shape index (κ2) is 2.64. The zero-order chi connectivity index (χ0) is 6.53. The quantitative estimate of drug-likeness (QED) is 0.320. The van der Waals surface area contributed by atoms with Crippen molar-refractivity contribution in [2.75, 3.05) is 0 Å². The predicted octanol–water partition coefficient (Wildman–Crippen LogP) is 1.42. The summed E-state index contributed by atoms with van der Waals surface area (Å²) in [5, 5.41) is 3.21. The SMILES string of the molecule is [N-]=[N+]=Nc1cnccn1. The van der Waals surface area contributed by atoms with Crippen LogP contribution in [0.3, 0.4) is 0 Å². The Balaban J connectivity index is 2.97. The topological polar surface area (TPSA) is 74.5 Å². The molecular formula is C4H3N5. The van der Waals surface area contributed by atoms with E-state index >= 15 is 0 Å². The third kappa shape index (κ3) is 1.40. The van der Waals surface area contributed by atoms with Gasteiger partial charge in [-0.15, -0.1) is 0 Å². The first-order valence-electron chi connectivity index (χ1n) is 2.24. The first-order chi connectivity index (χ1) is 4.43. The summed E-state index contributed by atoms with van der Waals surface area (Å²) in [7, 11) is 0. The number of aromatic nitrogens is 2. The van der Waals surface area contributed by atoms with Crippen LogP contribution in [0.1, 0.15) is 0 Å². The van der Waals surface area contributed by atoms with Crippen LogP contribution >= 0.6 is 0 Å². The predicted molar refractivity (Wildman–Crippen MR) is 30.8 cm³/mol. The monoisotopic (exact) mass is 121 g/mol. The fraction of sp³-hybridized carbons (Fsp3) is 0. The average Bonchev–Trinajstić information content (AvgIpc) is 1.91. The van der Waals surface area contributed by atoms with E-state index in [1.807, 2.05) is 0 Å². The maximum absolute atomic E-state index is 7.91. The molecule has 5 nitrogen and oxygen atoms in total. The molecule has 0 bridgehead atoms. The van der Waals surface area contributed by atoms with E-state index in [0.717, 1.165) is 0 Å². The molecule has 0 N–H and O–H groups in total. The Kier molecular flexibility index (Phi) is 1.62. The normalized spacial score (nSPS) is 8.00. The molecule has 1 aromatic rings. The lowest BCUT2D eigenvalue weighted by atomic mass is 10.7. The molecule has 0 unspecified atom stereocenters. The lowest BCUT2D eigenvalue weighted by Gasteiger charge is -1.82. The Bertz CT molecular complexity index is 224. The van der Waals surface area contributed by atoms with Crippen LogP contribution in [-0.2, 0) is 0 Å². The zero-order valence-corrected chi connectivity index (χ0v) is 4.47. The number of hydrogen-bond donors (Lipinski definition) is 0. The van der Waals surface area contributed by atoms with Crippen LogP contribution in [0.4, 0.5) is 5.82 Å². The van der Waals surface area contributed by atoms with Gasteiger partial charge in [0.25, 0.3) is 0 Å². The van der Waals surface area contributed by atoms with Gasteiger partial charge in [0, 0.05) is 17.3 Å². The molecule has 1 aromatic heterocycles. The number of azide groups is 1. The van der Waals surface area contributed by atoms with Crippen LogP contribution in [0.2, 0.25) is 0 Å². The molecule has 0 aliphatic rings. The van der Waals surface area contributed by atoms with Gasteiger partial charge in [-0.2, -0.15) is 0 Å². The van der Waals surface area contributed by atoms with Crippen molar-refractivity contribution >= 4 is 5.82 Å². The molecule has 0 aliphatic heterocycles. The molecule has 0 saturated heterocycles. The van der Waals surface area contributed by atoms with Crippen molar-refractivity contribution in [2.45, 2.75) is 0 Å². The first-order valence-corrected chi connectivity index (χ1v) is 2.24. The fourth-order valence-electron chi connectivity index (χ4n) is 0.389. The van der Waals surface area contributed by atoms with Crippen LogP contribution in [0, 0.1) is 0 Å². The summed E-state index contributed by atoms with van der Waals surface area (Å²) in [6.07, 6.45) is 4.36. The van der Waals surface area contributed by atoms with Gasteiger partial charge < -0.3 is 0 Å².